The van der Waals surface area contributed by atoms with E-state index in [2.05, 4.69) is 16.8 Å². The maximum Gasteiger partial charge on any atom is 0.414 e. The molecule has 8 heteroatoms. The van der Waals surface area contributed by atoms with Crippen molar-refractivity contribution in [2.45, 2.75) is 51.5 Å². The highest BCUT2D eigenvalue weighted by Gasteiger charge is 2.23. The zero-order valence-electron chi connectivity index (χ0n) is 16.3. The molecule has 0 atom stereocenters. The zero-order valence-corrected chi connectivity index (χ0v) is 16.3. The summed E-state index contributed by atoms with van der Waals surface area (Å²) in [7, 11) is 0. The number of piperidine rings is 1. The lowest BCUT2D eigenvalue weighted by atomic mass is 10.0. The Kier molecular flexibility index (Phi) is 8.25. The van der Waals surface area contributed by atoms with Crippen molar-refractivity contribution in [3.05, 3.63) is 34.7 Å². The van der Waals surface area contributed by atoms with Crippen LogP contribution in [-0.4, -0.2) is 56.2 Å². The molecule has 154 valence electrons. The summed E-state index contributed by atoms with van der Waals surface area (Å²) in [6.45, 7) is 5.70. The first-order valence-corrected chi connectivity index (χ1v) is 9.81. The lowest BCUT2D eigenvalue weighted by molar-refractivity contribution is -0.159. The lowest BCUT2D eigenvalue weighted by Gasteiger charge is -2.32. The van der Waals surface area contributed by atoms with Gasteiger partial charge in [-0.25, -0.2) is 14.4 Å². The summed E-state index contributed by atoms with van der Waals surface area (Å²) in [4.78, 5) is 36.0. The van der Waals surface area contributed by atoms with E-state index >= 15 is 0 Å². The summed E-state index contributed by atoms with van der Waals surface area (Å²) in [5.74, 6) is -3.65. The van der Waals surface area contributed by atoms with E-state index in [1.54, 1.807) is 0 Å². The van der Waals surface area contributed by atoms with Crippen LogP contribution in [0, 0.1) is 0 Å². The maximum atomic E-state index is 12.3. The Balaban J connectivity index is 0.000000409. The van der Waals surface area contributed by atoms with Gasteiger partial charge in [-0.15, -0.1) is 0 Å². The number of hydrogen-bond acceptors (Lipinski definition) is 4. The standard InChI is InChI=1S/C18H27N3O.C2H2O4/c1-2-3-4-7-12-20-13-10-15(11-14-20)21-17-9-6-5-8-16(17)19-18(21)22;3-1(4)2(5)6/h5-6,8-9,15H,2-4,7,10-14H2,1H3,(H,19,22);(H,3,4)(H,5,6). The van der Waals surface area contributed by atoms with Crippen LogP contribution in [0.2, 0.25) is 0 Å². The smallest absolute Gasteiger partial charge is 0.414 e. The van der Waals surface area contributed by atoms with E-state index in [4.69, 9.17) is 19.8 Å². The molecular weight excluding hydrogens is 362 g/mol. The number of unbranched alkanes of at least 4 members (excludes halogenated alkanes) is 3. The van der Waals surface area contributed by atoms with Gasteiger partial charge in [0.05, 0.1) is 11.0 Å². The number of nitrogens with zero attached hydrogens (tertiary/aromatic N) is 2. The number of fused-ring (bicyclic) bond motifs is 1. The van der Waals surface area contributed by atoms with Crippen LogP contribution in [0.5, 0.6) is 0 Å². The van der Waals surface area contributed by atoms with Crippen molar-refractivity contribution in [3.63, 3.8) is 0 Å². The van der Waals surface area contributed by atoms with E-state index in [9.17, 15) is 4.79 Å². The van der Waals surface area contributed by atoms with Crippen molar-refractivity contribution >= 4 is 23.0 Å². The van der Waals surface area contributed by atoms with Crippen molar-refractivity contribution in [2.75, 3.05) is 19.6 Å². The van der Waals surface area contributed by atoms with E-state index < -0.39 is 11.9 Å². The molecule has 0 aliphatic carbocycles. The number of nitrogens with one attached hydrogen (secondary N) is 1. The molecule has 2 heterocycles. The minimum atomic E-state index is -1.82. The number of para-hydroxylation sites is 2. The molecule has 3 N–H and O–H groups in total. The number of aromatic nitrogens is 2. The molecule has 0 spiro atoms. The number of carboxylic acid groups (broad SMARTS) is 2. The zero-order chi connectivity index (χ0) is 20.5. The van der Waals surface area contributed by atoms with Gasteiger partial charge in [0.15, 0.2) is 0 Å². The third-order valence-electron chi connectivity index (χ3n) is 5.06. The Morgan fingerprint density at radius 2 is 1.71 bits per heavy atom. The van der Waals surface area contributed by atoms with Gasteiger partial charge in [-0.05, 0) is 37.9 Å². The second-order valence-corrected chi connectivity index (χ2v) is 7.06. The monoisotopic (exact) mass is 391 g/mol. The topological polar surface area (TPSA) is 116 Å². The second kappa shape index (κ2) is 10.7. The van der Waals surface area contributed by atoms with Crippen LogP contribution in [0.1, 0.15) is 51.5 Å². The average molecular weight is 391 g/mol. The quantitative estimate of drug-likeness (QED) is 0.515. The van der Waals surface area contributed by atoms with Crippen molar-refractivity contribution in [3.8, 4) is 0 Å². The number of likely N-dealkylation sites (tertiary alicyclic amines) is 1. The Morgan fingerprint density at radius 1 is 1.07 bits per heavy atom. The van der Waals surface area contributed by atoms with E-state index in [1.165, 1.54) is 32.2 Å². The number of carbonyl (C=O) groups is 2. The molecule has 0 radical (unpaired) electrons. The van der Waals surface area contributed by atoms with Gasteiger partial charge >= 0.3 is 17.6 Å². The molecule has 1 aliphatic rings. The number of aromatic amines is 1. The first kappa shape index (κ1) is 21.7. The lowest BCUT2D eigenvalue weighted by Crippen LogP contribution is -2.37. The molecule has 2 aromatic rings. The van der Waals surface area contributed by atoms with Crippen molar-refractivity contribution < 1.29 is 19.8 Å². The highest BCUT2D eigenvalue weighted by molar-refractivity contribution is 6.27. The first-order valence-electron chi connectivity index (χ1n) is 9.81. The Morgan fingerprint density at radius 3 is 2.32 bits per heavy atom. The minimum Gasteiger partial charge on any atom is -0.473 e. The Bertz CT molecular complexity index is 822. The van der Waals surface area contributed by atoms with Crippen LogP contribution in [0.25, 0.3) is 11.0 Å². The molecule has 3 rings (SSSR count). The molecule has 28 heavy (non-hydrogen) atoms. The fourth-order valence-electron chi connectivity index (χ4n) is 3.60. The fourth-order valence-corrected chi connectivity index (χ4v) is 3.60. The molecule has 0 bridgehead atoms. The predicted octanol–water partition coefficient (Wildman–Crippen LogP) is 2.70. The highest BCUT2D eigenvalue weighted by atomic mass is 16.4. The van der Waals surface area contributed by atoms with Gasteiger partial charge in [0.2, 0.25) is 0 Å². The average Bonchev–Trinajstić information content (AvgIpc) is 3.02. The summed E-state index contributed by atoms with van der Waals surface area (Å²) < 4.78 is 1.98. The summed E-state index contributed by atoms with van der Waals surface area (Å²) >= 11 is 0. The molecule has 8 nitrogen and oxygen atoms in total. The van der Waals surface area contributed by atoms with Crippen molar-refractivity contribution in [1.82, 2.24) is 14.5 Å². The van der Waals surface area contributed by atoms with Crippen molar-refractivity contribution in [2.24, 2.45) is 0 Å². The summed E-state index contributed by atoms with van der Waals surface area (Å²) in [5.41, 5.74) is 2.05. The third kappa shape index (κ3) is 5.95. The molecular formula is C20H29N3O5. The third-order valence-corrected chi connectivity index (χ3v) is 5.06. The predicted molar refractivity (Wildman–Crippen MR) is 107 cm³/mol. The number of H-pyrrole nitrogens is 1. The molecule has 1 saturated heterocycles. The van der Waals surface area contributed by atoms with Gasteiger partial charge in [-0.1, -0.05) is 38.3 Å². The Labute approximate surface area is 163 Å². The molecule has 0 saturated carbocycles. The van der Waals surface area contributed by atoms with Crippen LogP contribution >= 0.6 is 0 Å². The van der Waals surface area contributed by atoms with Gasteiger partial charge in [0.1, 0.15) is 0 Å². The highest BCUT2D eigenvalue weighted by Crippen LogP contribution is 2.24. The first-order chi connectivity index (χ1) is 13.4. The largest absolute Gasteiger partial charge is 0.473 e. The van der Waals surface area contributed by atoms with Crippen LogP contribution in [-0.2, 0) is 9.59 Å². The summed E-state index contributed by atoms with van der Waals surface area (Å²) in [6.07, 6.45) is 7.46. The second-order valence-electron chi connectivity index (χ2n) is 7.06. The molecule has 1 aromatic carbocycles. The molecule has 0 unspecified atom stereocenters. The van der Waals surface area contributed by atoms with Crippen LogP contribution in [0.4, 0.5) is 0 Å². The van der Waals surface area contributed by atoms with E-state index in [-0.39, 0.29) is 5.69 Å². The maximum absolute atomic E-state index is 12.3. The van der Waals surface area contributed by atoms with Crippen LogP contribution in [0.15, 0.2) is 29.1 Å². The number of rotatable bonds is 6. The molecule has 1 aromatic heterocycles. The van der Waals surface area contributed by atoms with Gasteiger partial charge in [-0.2, -0.15) is 0 Å². The Hall–Kier alpha value is -2.61. The van der Waals surface area contributed by atoms with Gasteiger partial charge in [0.25, 0.3) is 0 Å². The molecule has 1 fully saturated rings. The van der Waals surface area contributed by atoms with Crippen molar-refractivity contribution in [1.29, 1.82) is 0 Å². The number of benzene rings is 1. The van der Waals surface area contributed by atoms with E-state index in [0.29, 0.717) is 6.04 Å². The van der Waals surface area contributed by atoms with Crippen LogP contribution in [0.3, 0.4) is 0 Å². The SMILES string of the molecule is CCCCCCN1CCC(n2c(=O)[nH]c3ccccc32)CC1.O=C(O)C(=O)O. The van der Waals surface area contributed by atoms with Crippen LogP contribution < -0.4 is 5.69 Å². The fraction of sp³-hybridized carbons (Fsp3) is 0.550. The summed E-state index contributed by atoms with van der Waals surface area (Å²) in [6, 6.07) is 8.35. The molecule has 0 amide bonds. The number of carboxylic acids is 2. The molecule has 1 aliphatic heterocycles. The van der Waals surface area contributed by atoms with Gasteiger partial charge in [-0.3, -0.25) is 4.57 Å². The van der Waals surface area contributed by atoms with Gasteiger partial charge in [0, 0.05) is 19.1 Å². The van der Waals surface area contributed by atoms with Gasteiger partial charge < -0.3 is 20.1 Å². The minimum absolute atomic E-state index is 0.0441. The summed E-state index contributed by atoms with van der Waals surface area (Å²) in [5, 5.41) is 14.8. The van der Waals surface area contributed by atoms with E-state index in [1.807, 2.05) is 28.8 Å². The number of hydrogen-bond donors (Lipinski definition) is 3. The number of aliphatic carboxylic acids is 2. The number of imidazole rings is 1. The normalized spacial score (nSPS) is 15.2. The van der Waals surface area contributed by atoms with E-state index in [0.717, 1.165) is 37.0 Å².